The Morgan fingerprint density at radius 1 is 1.17 bits per heavy atom. The Hall–Kier alpha value is -2.52. The number of rotatable bonds is 4. The highest BCUT2D eigenvalue weighted by atomic mass is 35.5. The minimum atomic E-state index is -0.398. The monoisotopic (exact) mass is 326 g/mol. The van der Waals surface area contributed by atoms with Gasteiger partial charge in [-0.05, 0) is 36.8 Å². The standard InChI is InChI=1S/C19H15ClO3/c1-2-22-19(21)12-16(13-6-4-3-5-7-13)18-11-14-10-15(20)8-9-17(14)23-18/h3-12H,2H2,1H3/b16-12-. The Kier molecular flexibility index (Phi) is 4.49. The van der Waals surface area contributed by atoms with Gasteiger partial charge in [-0.15, -0.1) is 0 Å². The Morgan fingerprint density at radius 2 is 1.96 bits per heavy atom. The van der Waals surface area contributed by atoms with Crippen LogP contribution in [0.3, 0.4) is 0 Å². The van der Waals surface area contributed by atoms with Crippen LogP contribution >= 0.6 is 11.6 Å². The van der Waals surface area contributed by atoms with Crippen LogP contribution in [-0.4, -0.2) is 12.6 Å². The molecule has 3 rings (SSSR count). The van der Waals surface area contributed by atoms with Crippen molar-refractivity contribution in [2.45, 2.75) is 6.92 Å². The van der Waals surface area contributed by atoms with Crippen molar-refractivity contribution in [3.63, 3.8) is 0 Å². The van der Waals surface area contributed by atoms with Crippen LogP contribution in [0.25, 0.3) is 16.5 Å². The molecule has 3 nitrogen and oxygen atoms in total. The maximum absolute atomic E-state index is 11.9. The zero-order chi connectivity index (χ0) is 16.2. The zero-order valence-electron chi connectivity index (χ0n) is 12.6. The highest BCUT2D eigenvalue weighted by Gasteiger charge is 2.13. The minimum absolute atomic E-state index is 0.327. The van der Waals surface area contributed by atoms with E-state index >= 15 is 0 Å². The average molecular weight is 327 g/mol. The fraction of sp³-hybridized carbons (Fsp3) is 0.105. The summed E-state index contributed by atoms with van der Waals surface area (Å²) in [5.74, 6) is 0.200. The average Bonchev–Trinajstić information content (AvgIpc) is 2.96. The first-order chi connectivity index (χ1) is 11.2. The van der Waals surface area contributed by atoms with E-state index in [9.17, 15) is 4.79 Å². The SMILES string of the molecule is CCOC(=O)/C=C(/c1ccccc1)c1cc2cc(Cl)ccc2o1. The van der Waals surface area contributed by atoms with Crippen LogP contribution in [0.15, 0.2) is 65.1 Å². The number of halogens is 1. The lowest BCUT2D eigenvalue weighted by Crippen LogP contribution is -2.01. The lowest BCUT2D eigenvalue weighted by atomic mass is 10.0. The largest absolute Gasteiger partial charge is 0.463 e. The third-order valence-electron chi connectivity index (χ3n) is 3.38. The van der Waals surface area contributed by atoms with Crippen molar-refractivity contribution in [1.82, 2.24) is 0 Å². The lowest BCUT2D eigenvalue weighted by molar-refractivity contribution is -0.137. The molecule has 23 heavy (non-hydrogen) atoms. The first-order valence-corrected chi connectivity index (χ1v) is 7.68. The van der Waals surface area contributed by atoms with Crippen molar-refractivity contribution in [1.29, 1.82) is 0 Å². The molecule has 0 aliphatic rings. The smallest absolute Gasteiger partial charge is 0.331 e. The van der Waals surface area contributed by atoms with Crippen molar-refractivity contribution < 1.29 is 13.9 Å². The minimum Gasteiger partial charge on any atom is -0.463 e. The summed E-state index contributed by atoms with van der Waals surface area (Å²) in [4.78, 5) is 11.9. The van der Waals surface area contributed by atoms with E-state index in [1.54, 1.807) is 13.0 Å². The Labute approximate surface area is 139 Å². The second-order valence-electron chi connectivity index (χ2n) is 4.97. The lowest BCUT2D eigenvalue weighted by Gasteiger charge is -2.05. The summed E-state index contributed by atoms with van der Waals surface area (Å²) in [7, 11) is 0. The van der Waals surface area contributed by atoms with Gasteiger partial charge in [0.2, 0.25) is 0 Å². The van der Waals surface area contributed by atoms with E-state index in [-0.39, 0.29) is 0 Å². The molecule has 0 saturated heterocycles. The number of carbonyl (C=O) groups excluding carboxylic acids is 1. The van der Waals surface area contributed by atoms with Crippen LogP contribution in [0.5, 0.6) is 0 Å². The Morgan fingerprint density at radius 3 is 2.70 bits per heavy atom. The van der Waals surface area contributed by atoms with E-state index in [2.05, 4.69) is 0 Å². The Balaban J connectivity index is 2.11. The van der Waals surface area contributed by atoms with Crippen LogP contribution in [-0.2, 0) is 9.53 Å². The fourth-order valence-electron chi connectivity index (χ4n) is 2.36. The number of esters is 1. The van der Waals surface area contributed by atoms with Crippen molar-refractivity contribution in [3.8, 4) is 0 Å². The summed E-state index contributed by atoms with van der Waals surface area (Å²) in [6.07, 6.45) is 1.46. The third-order valence-corrected chi connectivity index (χ3v) is 3.61. The third kappa shape index (κ3) is 3.46. The summed E-state index contributed by atoms with van der Waals surface area (Å²) in [6, 6.07) is 16.9. The van der Waals surface area contributed by atoms with E-state index in [1.807, 2.05) is 48.5 Å². The first-order valence-electron chi connectivity index (χ1n) is 7.30. The van der Waals surface area contributed by atoms with Crippen LogP contribution < -0.4 is 0 Å². The number of furan rings is 1. The second-order valence-corrected chi connectivity index (χ2v) is 5.41. The van der Waals surface area contributed by atoms with Gasteiger partial charge in [-0.3, -0.25) is 0 Å². The normalized spacial score (nSPS) is 11.7. The van der Waals surface area contributed by atoms with Crippen LogP contribution in [0.4, 0.5) is 0 Å². The van der Waals surface area contributed by atoms with E-state index in [4.69, 9.17) is 20.8 Å². The summed E-state index contributed by atoms with van der Waals surface area (Å²) >= 11 is 6.02. The van der Waals surface area contributed by atoms with Gasteiger partial charge in [0.05, 0.1) is 6.61 Å². The summed E-state index contributed by atoms with van der Waals surface area (Å²) in [6.45, 7) is 2.10. The van der Waals surface area contributed by atoms with Crippen molar-refractivity contribution in [2.24, 2.45) is 0 Å². The van der Waals surface area contributed by atoms with E-state index in [1.165, 1.54) is 6.08 Å². The molecule has 0 spiro atoms. The molecule has 0 fully saturated rings. The number of ether oxygens (including phenoxy) is 1. The summed E-state index contributed by atoms with van der Waals surface area (Å²) in [5.41, 5.74) is 2.28. The molecule has 4 heteroatoms. The molecule has 0 bridgehead atoms. The molecule has 0 aliphatic carbocycles. The van der Waals surface area contributed by atoms with Gasteiger partial charge in [0.25, 0.3) is 0 Å². The molecular formula is C19H15ClO3. The maximum Gasteiger partial charge on any atom is 0.331 e. The molecular weight excluding hydrogens is 312 g/mol. The topological polar surface area (TPSA) is 39.4 Å². The molecule has 3 aromatic rings. The highest BCUT2D eigenvalue weighted by Crippen LogP contribution is 2.30. The molecule has 0 saturated carbocycles. The van der Waals surface area contributed by atoms with Crippen molar-refractivity contribution in [3.05, 3.63) is 77.0 Å². The number of fused-ring (bicyclic) bond motifs is 1. The van der Waals surface area contributed by atoms with Gasteiger partial charge >= 0.3 is 5.97 Å². The molecule has 1 aromatic heterocycles. The van der Waals surface area contributed by atoms with Crippen LogP contribution in [0.1, 0.15) is 18.2 Å². The highest BCUT2D eigenvalue weighted by molar-refractivity contribution is 6.31. The fourth-order valence-corrected chi connectivity index (χ4v) is 2.54. The van der Waals surface area contributed by atoms with E-state index in [0.717, 1.165) is 16.5 Å². The van der Waals surface area contributed by atoms with Gasteiger partial charge in [0.15, 0.2) is 0 Å². The molecule has 0 aliphatic heterocycles. The second kappa shape index (κ2) is 6.71. The first kappa shape index (κ1) is 15.4. The number of benzene rings is 2. The molecule has 0 unspecified atom stereocenters. The van der Waals surface area contributed by atoms with Crippen LogP contribution in [0.2, 0.25) is 5.02 Å². The van der Waals surface area contributed by atoms with Gasteiger partial charge in [-0.1, -0.05) is 41.9 Å². The number of carbonyl (C=O) groups is 1. The van der Waals surface area contributed by atoms with Crippen molar-refractivity contribution >= 4 is 34.1 Å². The molecule has 1 heterocycles. The van der Waals surface area contributed by atoms with Gasteiger partial charge in [0, 0.05) is 22.1 Å². The molecule has 116 valence electrons. The summed E-state index contributed by atoms with van der Waals surface area (Å²) < 4.78 is 10.9. The quantitative estimate of drug-likeness (QED) is 0.495. The van der Waals surface area contributed by atoms with E-state index in [0.29, 0.717) is 23.0 Å². The van der Waals surface area contributed by atoms with Gasteiger partial charge in [0.1, 0.15) is 11.3 Å². The predicted molar refractivity (Wildman–Crippen MR) is 91.4 cm³/mol. The molecule has 0 radical (unpaired) electrons. The Bertz CT molecular complexity index is 863. The predicted octanol–water partition coefficient (Wildman–Crippen LogP) is 5.08. The van der Waals surface area contributed by atoms with Crippen LogP contribution in [0, 0.1) is 0 Å². The van der Waals surface area contributed by atoms with Gasteiger partial charge in [-0.2, -0.15) is 0 Å². The van der Waals surface area contributed by atoms with Crippen molar-refractivity contribution in [2.75, 3.05) is 6.61 Å². The van der Waals surface area contributed by atoms with E-state index < -0.39 is 5.97 Å². The van der Waals surface area contributed by atoms with Gasteiger partial charge in [-0.25, -0.2) is 4.79 Å². The molecule has 2 aromatic carbocycles. The molecule has 0 atom stereocenters. The maximum atomic E-state index is 11.9. The molecule has 0 N–H and O–H groups in total. The molecule has 0 amide bonds. The number of hydrogen-bond donors (Lipinski definition) is 0. The number of hydrogen-bond acceptors (Lipinski definition) is 3. The summed E-state index contributed by atoms with van der Waals surface area (Å²) in [5, 5.41) is 1.53. The van der Waals surface area contributed by atoms with Gasteiger partial charge < -0.3 is 9.15 Å². The zero-order valence-corrected chi connectivity index (χ0v) is 13.3.